The molecule has 3 aromatic rings. The number of anilines is 2. The fraction of sp³-hybridized carbons (Fsp3) is 0.250. The Morgan fingerprint density at radius 2 is 1.69 bits per heavy atom. The molecule has 0 heterocycles. The number of thiocarbonyl (C=S) groups is 1. The van der Waals surface area contributed by atoms with Crippen molar-refractivity contribution in [3.05, 3.63) is 90.0 Å². The minimum Gasteiger partial charge on any atom is -0.493 e. The van der Waals surface area contributed by atoms with Gasteiger partial charge in [-0.05, 0) is 73.9 Å². The molecule has 3 rings (SSSR count). The van der Waals surface area contributed by atoms with Crippen molar-refractivity contribution in [3.63, 3.8) is 0 Å². The molecule has 0 saturated carbocycles. The van der Waals surface area contributed by atoms with E-state index in [9.17, 15) is 9.59 Å². The van der Waals surface area contributed by atoms with Gasteiger partial charge in [0, 0.05) is 23.5 Å². The van der Waals surface area contributed by atoms with Gasteiger partial charge < -0.3 is 15.0 Å². The minimum absolute atomic E-state index is 0.121. The van der Waals surface area contributed by atoms with Crippen molar-refractivity contribution in [2.75, 3.05) is 23.4 Å². The smallest absolute Gasteiger partial charge is 0.261 e. The first-order valence-corrected chi connectivity index (χ1v) is 12.1. The molecular weight excluding hydrogens is 458 g/mol. The number of nitrogens with one attached hydrogen (secondary N) is 2. The fourth-order valence-corrected chi connectivity index (χ4v) is 3.67. The second kappa shape index (κ2) is 12.7. The number of rotatable bonds is 9. The van der Waals surface area contributed by atoms with Crippen LogP contribution in [-0.4, -0.2) is 30.1 Å². The number of para-hydroxylation sites is 2. The lowest BCUT2D eigenvalue weighted by atomic mass is 10.1. The van der Waals surface area contributed by atoms with Crippen LogP contribution >= 0.6 is 12.2 Å². The van der Waals surface area contributed by atoms with E-state index in [1.807, 2.05) is 43.3 Å². The molecule has 6 nitrogen and oxygen atoms in total. The van der Waals surface area contributed by atoms with Gasteiger partial charge in [-0.25, -0.2) is 0 Å². The Morgan fingerprint density at radius 3 is 2.40 bits per heavy atom. The Bertz CT molecular complexity index is 1160. The Hall–Kier alpha value is -3.71. The van der Waals surface area contributed by atoms with E-state index in [2.05, 4.69) is 24.5 Å². The van der Waals surface area contributed by atoms with Crippen LogP contribution in [0.1, 0.15) is 47.9 Å². The van der Waals surface area contributed by atoms with Gasteiger partial charge in [0.2, 0.25) is 0 Å². The Balaban J connectivity index is 1.66. The van der Waals surface area contributed by atoms with Crippen molar-refractivity contribution in [1.82, 2.24) is 5.32 Å². The predicted octanol–water partition coefficient (Wildman–Crippen LogP) is 5.91. The van der Waals surface area contributed by atoms with Crippen LogP contribution in [0.25, 0.3) is 0 Å². The van der Waals surface area contributed by atoms with Gasteiger partial charge in [0.1, 0.15) is 5.75 Å². The summed E-state index contributed by atoms with van der Waals surface area (Å²) < 4.78 is 5.81. The first-order chi connectivity index (χ1) is 16.9. The lowest BCUT2D eigenvalue weighted by molar-refractivity contribution is 0.0969. The first kappa shape index (κ1) is 25.9. The third-order valence-electron chi connectivity index (χ3n) is 5.31. The van der Waals surface area contributed by atoms with E-state index in [0.29, 0.717) is 41.6 Å². The van der Waals surface area contributed by atoms with E-state index in [-0.39, 0.29) is 16.9 Å². The molecule has 0 radical (unpaired) electrons. The largest absolute Gasteiger partial charge is 0.493 e. The summed E-state index contributed by atoms with van der Waals surface area (Å²) in [5.41, 5.74) is 2.35. The van der Waals surface area contributed by atoms with Gasteiger partial charge in [-0.15, -0.1) is 0 Å². The zero-order valence-electron chi connectivity index (χ0n) is 20.3. The van der Waals surface area contributed by atoms with E-state index in [1.54, 1.807) is 47.4 Å². The molecule has 0 saturated heterocycles. The van der Waals surface area contributed by atoms with Gasteiger partial charge in [-0.2, -0.15) is 0 Å². The monoisotopic (exact) mass is 489 g/mol. The van der Waals surface area contributed by atoms with Crippen molar-refractivity contribution in [2.24, 2.45) is 5.92 Å². The Morgan fingerprint density at radius 1 is 0.971 bits per heavy atom. The number of benzene rings is 3. The lowest BCUT2D eigenvalue weighted by Gasteiger charge is -2.21. The van der Waals surface area contributed by atoms with Gasteiger partial charge in [0.15, 0.2) is 5.11 Å². The second-order valence-electron chi connectivity index (χ2n) is 8.40. The van der Waals surface area contributed by atoms with Crippen LogP contribution < -0.4 is 20.3 Å². The number of carbonyl (C=O) groups is 2. The molecule has 0 aromatic heterocycles. The van der Waals surface area contributed by atoms with Crippen molar-refractivity contribution >= 4 is 40.5 Å². The van der Waals surface area contributed by atoms with Gasteiger partial charge in [0.25, 0.3) is 11.8 Å². The number of carbonyl (C=O) groups excluding carboxylic acids is 2. The van der Waals surface area contributed by atoms with E-state index in [0.717, 1.165) is 12.1 Å². The summed E-state index contributed by atoms with van der Waals surface area (Å²) in [5, 5.41) is 5.83. The highest BCUT2D eigenvalue weighted by Crippen LogP contribution is 2.20. The van der Waals surface area contributed by atoms with Crippen LogP contribution in [0, 0.1) is 5.92 Å². The van der Waals surface area contributed by atoms with Gasteiger partial charge in [-0.3, -0.25) is 14.9 Å². The van der Waals surface area contributed by atoms with Gasteiger partial charge in [-0.1, -0.05) is 50.2 Å². The molecule has 0 aliphatic carbocycles. The molecule has 0 aliphatic rings. The molecule has 0 spiro atoms. The maximum absolute atomic E-state index is 13.1. The summed E-state index contributed by atoms with van der Waals surface area (Å²) in [6.07, 6.45) is 0.894. The Kier molecular flexibility index (Phi) is 9.38. The van der Waals surface area contributed by atoms with Crippen LogP contribution in [0.4, 0.5) is 11.4 Å². The van der Waals surface area contributed by atoms with E-state index >= 15 is 0 Å². The maximum Gasteiger partial charge on any atom is 0.261 e. The quantitative estimate of drug-likeness (QED) is 0.366. The van der Waals surface area contributed by atoms with Crippen LogP contribution in [-0.2, 0) is 0 Å². The molecule has 0 bridgehead atoms. The van der Waals surface area contributed by atoms with Crippen LogP contribution in [0.5, 0.6) is 5.75 Å². The average Bonchev–Trinajstić information content (AvgIpc) is 2.85. The normalized spacial score (nSPS) is 10.5. The average molecular weight is 490 g/mol. The van der Waals surface area contributed by atoms with E-state index in [4.69, 9.17) is 17.0 Å². The van der Waals surface area contributed by atoms with Gasteiger partial charge in [0.05, 0.1) is 12.2 Å². The summed E-state index contributed by atoms with van der Waals surface area (Å²) in [7, 11) is 0. The molecule has 0 fully saturated rings. The fourth-order valence-electron chi connectivity index (χ4n) is 3.45. The summed E-state index contributed by atoms with van der Waals surface area (Å²) in [5.74, 6) is 0.537. The SMILES string of the molecule is CCN(C(=O)c1cccc(NC(=S)NC(=O)c2ccccc2OCCC(C)C)c1)c1ccccc1. The third-order valence-corrected chi connectivity index (χ3v) is 5.51. The van der Waals surface area contributed by atoms with Crippen LogP contribution in [0.3, 0.4) is 0 Å². The maximum atomic E-state index is 13.1. The Labute approximate surface area is 212 Å². The molecule has 35 heavy (non-hydrogen) atoms. The number of nitrogens with zero attached hydrogens (tertiary/aromatic N) is 1. The molecule has 0 atom stereocenters. The van der Waals surface area contributed by atoms with Crippen LogP contribution in [0.2, 0.25) is 0 Å². The third kappa shape index (κ3) is 7.39. The summed E-state index contributed by atoms with van der Waals surface area (Å²) in [6.45, 7) is 7.24. The number of ether oxygens (including phenoxy) is 1. The van der Waals surface area contributed by atoms with Crippen LogP contribution in [0.15, 0.2) is 78.9 Å². The lowest BCUT2D eigenvalue weighted by Crippen LogP contribution is -2.34. The summed E-state index contributed by atoms with van der Waals surface area (Å²) >= 11 is 5.36. The van der Waals surface area contributed by atoms with Crippen molar-refractivity contribution < 1.29 is 14.3 Å². The zero-order chi connectivity index (χ0) is 25.2. The number of hydrogen-bond acceptors (Lipinski definition) is 4. The van der Waals surface area contributed by atoms with Gasteiger partial charge >= 0.3 is 0 Å². The number of amides is 2. The predicted molar refractivity (Wildman–Crippen MR) is 145 cm³/mol. The standard InChI is InChI=1S/C28H31N3O3S/c1-4-31(23-13-6-5-7-14-23)27(33)21-11-10-12-22(19-21)29-28(35)30-26(32)24-15-8-9-16-25(24)34-18-17-20(2)3/h5-16,19-20H,4,17-18H2,1-3H3,(H2,29,30,32,35). The van der Waals surface area contributed by atoms with E-state index in [1.165, 1.54) is 0 Å². The van der Waals surface area contributed by atoms with E-state index < -0.39 is 0 Å². The molecule has 2 amide bonds. The molecule has 182 valence electrons. The topological polar surface area (TPSA) is 70.7 Å². The van der Waals surface area contributed by atoms with Crippen molar-refractivity contribution in [2.45, 2.75) is 27.2 Å². The molecular formula is C28H31N3O3S. The summed E-state index contributed by atoms with van der Waals surface area (Å²) in [6, 6.07) is 23.6. The number of hydrogen-bond donors (Lipinski definition) is 2. The molecule has 0 aliphatic heterocycles. The molecule has 7 heteroatoms. The van der Waals surface area contributed by atoms with Crippen molar-refractivity contribution in [1.29, 1.82) is 0 Å². The summed E-state index contributed by atoms with van der Waals surface area (Å²) in [4.78, 5) is 27.7. The second-order valence-corrected chi connectivity index (χ2v) is 8.81. The molecule has 3 aromatic carbocycles. The highest BCUT2D eigenvalue weighted by Gasteiger charge is 2.17. The highest BCUT2D eigenvalue weighted by atomic mass is 32.1. The molecule has 0 unspecified atom stereocenters. The minimum atomic E-state index is -0.365. The van der Waals surface area contributed by atoms with Crippen molar-refractivity contribution in [3.8, 4) is 5.75 Å². The molecule has 2 N–H and O–H groups in total. The zero-order valence-corrected chi connectivity index (χ0v) is 21.1. The first-order valence-electron chi connectivity index (χ1n) is 11.7. The highest BCUT2D eigenvalue weighted by molar-refractivity contribution is 7.80.